The van der Waals surface area contributed by atoms with Gasteiger partial charge < -0.3 is 10.2 Å². The average molecular weight is 543 g/mol. The van der Waals surface area contributed by atoms with Crippen LogP contribution in [-0.4, -0.2) is 57.6 Å². The van der Waals surface area contributed by atoms with E-state index in [1.54, 1.807) is 0 Å². The van der Waals surface area contributed by atoms with E-state index < -0.39 is 30.5 Å². The first-order chi connectivity index (χ1) is 17.0. The van der Waals surface area contributed by atoms with Gasteiger partial charge in [-0.2, -0.15) is 13.2 Å². The van der Waals surface area contributed by atoms with Gasteiger partial charge in [0.2, 0.25) is 0 Å². The predicted octanol–water partition coefficient (Wildman–Crippen LogP) is 3.27. The Morgan fingerprint density at radius 1 is 1.08 bits per heavy atom. The van der Waals surface area contributed by atoms with Crippen LogP contribution in [0.4, 0.5) is 13.2 Å². The highest BCUT2D eigenvalue weighted by Gasteiger charge is 2.39. The zero-order valence-corrected chi connectivity index (χ0v) is 19.4. The number of rotatable bonds is 7. The fraction of sp³-hybridized carbons (Fsp3) is 0.190. The molecule has 15 heteroatoms. The molecule has 2 heterocycles. The van der Waals surface area contributed by atoms with Crippen LogP contribution in [0.3, 0.4) is 0 Å². The molecule has 0 bridgehead atoms. The molecule has 0 aliphatic heterocycles. The van der Waals surface area contributed by atoms with E-state index in [4.69, 9.17) is 23.2 Å². The van der Waals surface area contributed by atoms with Crippen molar-refractivity contribution in [3.8, 4) is 17.1 Å². The Kier molecular flexibility index (Phi) is 6.89. The molecule has 36 heavy (non-hydrogen) atoms. The Hall–Kier alpha value is -3.68. The summed E-state index contributed by atoms with van der Waals surface area (Å²) < 4.78 is 41.7. The minimum atomic E-state index is -4.96. The van der Waals surface area contributed by atoms with E-state index in [-0.39, 0.29) is 40.0 Å². The number of halogens is 5. The number of aliphatic hydroxyl groups excluding tert-OH is 1. The van der Waals surface area contributed by atoms with Crippen LogP contribution < -0.4 is 5.69 Å². The molecule has 0 aliphatic rings. The number of nitrogens with zero attached hydrogens (tertiary/aromatic N) is 6. The first-order valence-corrected chi connectivity index (χ1v) is 10.8. The second kappa shape index (κ2) is 9.76. The lowest BCUT2D eigenvalue weighted by Gasteiger charge is -2.15. The number of hydrogen-bond acceptors (Lipinski definition) is 6. The van der Waals surface area contributed by atoms with Gasteiger partial charge in [0.1, 0.15) is 12.9 Å². The Morgan fingerprint density at radius 2 is 1.78 bits per heavy atom. The van der Waals surface area contributed by atoms with Gasteiger partial charge in [-0.25, -0.2) is 23.9 Å². The monoisotopic (exact) mass is 542 g/mol. The van der Waals surface area contributed by atoms with Crippen molar-refractivity contribution >= 4 is 29.2 Å². The summed E-state index contributed by atoms with van der Waals surface area (Å²) in [6.45, 7) is -1.46. The maximum absolute atomic E-state index is 13.0. The van der Waals surface area contributed by atoms with E-state index in [1.165, 1.54) is 48.8 Å². The van der Waals surface area contributed by atoms with Crippen LogP contribution in [0.15, 0.2) is 53.6 Å². The normalized spacial score (nSPS) is 12.6. The molecule has 188 valence electrons. The van der Waals surface area contributed by atoms with Crippen molar-refractivity contribution in [3.63, 3.8) is 0 Å². The lowest BCUT2D eigenvalue weighted by atomic mass is 10.2. The zero-order chi connectivity index (χ0) is 26.2. The molecule has 2 aromatic carbocycles. The number of hydrogen-bond donors (Lipinski definition) is 2. The summed E-state index contributed by atoms with van der Waals surface area (Å²) in [5.41, 5.74) is -0.779. The Labute approximate surface area is 209 Å². The molecule has 10 nitrogen and oxygen atoms in total. The number of aliphatic hydroxyl groups is 1. The molecular formula is C21H15Cl2F3N6O4. The van der Waals surface area contributed by atoms with Crippen LogP contribution in [0.5, 0.6) is 0 Å². The lowest BCUT2D eigenvalue weighted by molar-refractivity contribution is -0.207. The average Bonchev–Trinajstić information content (AvgIpc) is 3.39. The van der Waals surface area contributed by atoms with Crippen molar-refractivity contribution in [1.82, 2.24) is 29.1 Å². The molecule has 0 saturated carbocycles. The first-order valence-electron chi connectivity index (χ1n) is 10.1. The highest BCUT2D eigenvalue weighted by atomic mass is 35.5. The van der Waals surface area contributed by atoms with Gasteiger partial charge in [0.25, 0.3) is 0 Å². The van der Waals surface area contributed by atoms with Crippen LogP contribution in [0.1, 0.15) is 16.2 Å². The second-order valence-corrected chi connectivity index (χ2v) is 8.33. The van der Waals surface area contributed by atoms with Crippen molar-refractivity contribution in [1.29, 1.82) is 0 Å². The van der Waals surface area contributed by atoms with Gasteiger partial charge in [-0.15, -0.1) is 10.2 Å². The molecular weight excluding hydrogens is 528 g/mol. The van der Waals surface area contributed by atoms with E-state index in [9.17, 15) is 33.0 Å². The van der Waals surface area contributed by atoms with Crippen LogP contribution in [0, 0.1) is 0 Å². The van der Waals surface area contributed by atoms with E-state index in [1.807, 2.05) is 0 Å². The summed E-state index contributed by atoms with van der Waals surface area (Å²) in [5.74, 6) is -1.40. The molecule has 0 spiro atoms. The SMILES string of the molecule is O=C(O)c1cccc(Cl)c1-n1cnc(Cn2nc(-c3ccc(Cl)cc3)n(CC(O)C(F)(F)F)c2=O)n1. The highest BCUT2D eigenvalue weighted by Crippen LogP contribution is 2.25. The summed E-state index contributed by atoms with van der Waals surface area (Å²) >= 11 is 12.0. The van der Waals surface area contributed by atoms with Crippen LogP contribution >= 0.6 is 23.2 Å². The van der Waals surface area contributed by atoms with Crippen LogP contribution in [0.25, 0.3) is 17.1 Å². The molecule has 1 atom stereocenters. The zero-order valence-electron chi connectivity index (χ0n) is 17.9. The largest absolute Gasteiger partial charge is 0.478 e. The number of carboxylic acid groups (broad SMARTS) is 1. The topological polar surface area (TPSA) is 128 Å². The number of benzene rings is 2. The summed E-state index contributed by atoms with van der Waals surface area (Å²) in [4.78, 5) is 28.6. The number of alkyl halides is 3. The quantitative estimate of drug-likeness (QED) is 0.366. The third-order valence-corrected chi connectivity index (χ3v) is 5.59. The molecule has 2 aromatic heterocycles. The summed E-state index contributed by atoms with van der Waals surface area (Å²) in [5, 5.41) is 27.7. The molecule has 4 rings (SSSR count). The van der Waals surface area contributed by atoms with Gasteiger partial charge in [0.05, 0.1) is 22.8 Å². The van der Waals surface area contributed by atoms with Gasteiger partial charge in [-0.1, -0.05) is 29.3 Å². The molecule has 0 aliphatic carbocycles. The Bertz CT molecular complexity index is 1480. The number of aromatic carboxylic acids is 1. The van der Waals surface area contributed by atoms with Crippen molar-refractivity contribution in [2.24, 2.45) is 0 Å². The number of aromatic nitrogens is 6. The maximum atomic E-state index is 13.0. The number of carboxylic acids is 1. The minimum Gasteiger partial charge on any atom is -0.478 e. The van der Waals surface area contributed by atoms with Crippen LogP contribution in [-0.2, 0) is 13.1 Å². The summed E-state index contributed by atoms with van der Waals surface area (Å²) in [6, 6.07) is 10.1. The Balaban J connectivity index is 1.73. The smallest absolute Gasteiger partial charge is 0.416 e. The minimum absolute atomic E-state index is 0.00275. The van der Waals surface area contributed by atoms with Crippen molar-refractivity contribution in [2.75, 3.05) is 0 Å². The molecule has 0 amide bonds. The van der Waals surface area contributed by atoms with Crippen LogP contribution in [0.2, 0.25) is 10.0 Å². The molecule has 0 fully saturated rings. The van der Waals surface area contributed by atoms with Crippen molar-refractivity contribution in [3.05, 3.63) is 80.7 Å². The van der Waals surface area contributed by atoms with Gasteiger partial charge in [0, 0.05) is 10.6 Å². The first kappa shape index (κ1) is 25.4. The molecule has 4 aromatic rings. The molecule has 0 saturated heterocycles. The van der Waals surface area contributed by atoms with E-state index in [0.717, 1.165) is 9.36 Å². The third kappa shape index (κ3) is 5.12. The lowest BCUT2D eigenvalue weighted by Crippen LogP contribution is -2.37. The predicted molar refractivity (Wildman–Crippen MR) is 121 cm³/mol. The van der Waals surface area contributed by atoms with Crippen molar-refractivity contribution in [2.45, 2.75) is 25.4 Å². The van der Waals surface area contributed by atoms with E-state index in [0.29, 0.717) is 9.59 Å². The third-order valence-electron chi connectivity index (χ3n) is 5.04. The Morgan fingerprint density at radius 3 is 2.42 bits per heavy atom. The maximum Gasteiger partial charge on any atom is 0.416 e. The number of para-hydroxylation sites is 1. The van der Waals surface area contributed by atoms with E-state index in [2.05, 4.69) is 15.2 Å². The number of carbonyl (C=O) groups is 1. The molecule has 1 unspecified atom stereocenters. The summed E-state index contributed by atoms with van der Waals surface area (Å²) in [7, 11) is 0. The summed E-state index contributed by atoms with van der Waals surface area (Å²) in [6.07, 6.45) is -6.60. The van der Waals surface area contributed by atoms with Crippen molar-refractivity contribution < 1.29 is 28.2 Å². The fourth-order valence-corrected chi connectivity index (χ4v) is 3.72. The molecule has 0 radical (unpaired) electrons. The highest BCUT2D eigenvalue weighted by molar-refractivity contribution is 6.33. The van der Waals surface area contributed by atoms with Gasteiger partial charge >= 0.3 is 17.8 Å². The second-order valence-electron chi connectivity index (χ2n) is 7.49. The van der Waals surface area contributed by atoms with E-state index >= 15 is 0 Å². The standard InChI is InChI=1S/C21H15Cl2F3N6O4/c22-12-6-4-11(5-7-12)18-29-31(20(36)30(18)8-15(33)21(24,25)26)9-16-27-10-32(28-16)17-13(19(34)35)2-1-3-14(17)23/h1-7,10,15,33H,8-9H2,(H,34,35). The fourth-order valence-electron chi connectivity index (χ4n) is 3.33. The molecule has 2 N–H and O–H groups in total. The van der Waals surface area contributed by atoms with Gasteiger partial charge in [-0.05, 0) is 36.4 Å². The van der Waals surface area contributed by atoms with Gasteiger partial charge in [-0.3, -0.25) is 4.57 Å². The van der Waals surface area contributed by atoms with Gasteiger partial charge in [0.15, 0.2) is 17.8 Å².